The summed E-state index contributed by atoms with van der Waals surface area (Å²) in [7, 11) is 0. The van der Waals surface area contributed by atoms with Gasteiger partial charge in [-0.15, -0.1) is 13.2 Å². The average molecular weight is 1950 g/mol. The number of ether oxygens (including phenoxy) is 3. The molecule has 10 amide bonds. The maximum absolute atomic E-state index is 14.3. The Morgan fingerprint density at radius 3 is 1.46 bits per heavy atom. The molecule has 3 saturated carbocycles. The SMILES string of the molecule is C=CC1(C(=O)N[C@H](C(=O)N[C@@H](C)C(=O)N2CCC[C@@H](C(=O)OCC(Cl)(Cl)Cl)N2)C(C)C)CCC(F)(F)CC1.C=CC1(C(=O)O)CCC(F)(F)CC1.CC(C)[C@@H]1NC(=O)C2(/C=C/c3ccc4ccc(nc4c3)[C@@H](C)NC(=O)[C@@H]3CCCN(N3)C(=O)[C@H](C)NC1=O)CCC(F)(F)CC2.CC(C)[C@H](NC(=O)OC(C)(C)C)C(=O)N[C@@H](C)C(=O)N1CCC[C@@H](C(=O)OCC(Cl)(Cl)Cl)N1. The Bertz CT molecular complexity index is 4360. The standard InChI is InChI=1S/C33H42F2N6O4.C24H35Cl3F2N4O5.C20H33Cl3N4O6.C9H12F2O2/c1-19(2)27-29(43)37-21(4)30(44)41-17-5-6-25(40-41)28(42)36-20(3)24-10-9-23-8-7-22(18-26(23)38-24)11-12-32(31(45)39-27)13-15-33(34,35)16-14-32;1-5-22(8-10-23(28,29)11-9-22)21(37)31-17(14(2)3)18(34)30-15(4)19(35)33-12-6-7-16(32-33)20(36)38-13-24(25,26)27;1-11(2)14(25-18(31)33-19(4,5)6)15(28)24-12(3)16(29)27-9-7-8-13(26-27)17(30)32-10-20(21,22)23;1-2-8(7(12)13)3-5-9(10,11)6-4-8/h7-12,18-21,25,27,40H,5-6,13-17H2,1-4H3,(H,36,42)(H,37,43)(H,39,45);5,14-17,32H,1,6-13H2,2-4H3,(H,30,34)(H,31,37);11-14,26H,7-10H2,1-6H3,(H,24,28)(H,25,31);2H,1,3-6H2,(H,12,13)/b12-11+;;;/t20-,21+,25+,27+;15-,16-,17-;12-,13-,14-;/m100./s1. The summed E-state index contributed by atoms with van der Waals surface area (Å²) >= 11 is 33.6. The highest BCUT2D eigenvalue weighted by Crippen LogP contribution is 2.48. The summed E-state index contributed by atoms with van der Waals surface area (Å²) in [6.07, 6.45) is 5.42. The molecule has 5 bridgehead atoms. The number of benzene rings is 1. The van der Waals surface area contributed by atoms with E-state index in [-0.39, 0.29) is 81.6 Å². The van der Waals surface area contributed by atoms with Crippen LogP contribution in [-0.2, 0) is 71.7 Å². The number of alkyl carbamates (subject to hydrolysis) is 1. The van der Waals surface area contributed by atoms with Crippen molar-refractivity contribution < 1.29 is 108 Å². The number of nitrogens with zero attached hydrogens (tertiary/aromatic N) is 4. The van der Waals surface area contributed by atoms with Crippen molar-refractivity contribution in [2.24, 2.45) is 34.0 Å². The highest BCUT2D eigenvalue weighted by atomic mass is 35.6. The van der Waals surface area contributed by atoms with Crippen molar-refractivity contribution in [2.45, 2.75) is 297 Å². The third-order valence-electron chi connectivity index (χ3n) is 23.1. The van der Waals surface area contributed by atoms with Gasteiger partial charge in [0.25, 0.3) is 17.7 Å². The fraction of sp³-hybridized carbons (Fsp3) is 0.674. The molecule has 3 saturated heterocycles. The van der Waals surface area contributed by atoms with Gasteiger partial charge >= 0.3 is 24.0 Å². The number of hydrogen-bond donors (Lipinski definition) is 11. The summed E-state index contributed by atoms with van der Waals surface area (Å²) in [5.74, 6) is -16.2. The van der Waals surface area contributed by atoms with Crippen molar-refractivity contribution >= 4 is 164 Å². The lowest BCUT2D eigenvalue weighted by molar-refractivity contribution is -0.154. The van der Waals surface area contributed by atoms with E-state index in [9.17, 15) is 88.7 Å². The summed E-state index contributed by atoms with van der Waals surface area (Å²) in [6, 6.07) is 0.834. The molecular weight excluding hydrogens is 1830 g/mol. The Balaban J connectivity index is 0.000000281. The number of alkyl halides is 12. The topological polar surface area (TPSA) is 413 Å². The van der Waals surface area contributed by atoms with Gasteiger partial charge in [-0.2, -0.15) is 0 Å². The molecule has 43 heteroatoms. The van der Waals surface area contributed by atoms with Crippen LogP contribution in [0.25, 0.3) is 17.0 Å². The van der Waals surface area contributed by atoms with Gasteiger partial charge in [0.05, 0.1) is 33.5 Å². The van der Waals surface area contributed by atoms with Crippen molar-refractivity contribution in [3.63, 3.8) is 0 Å². The number of amides is 10. The molecule has 0 unspecified atom stereocenters. The van der Waals surface area contributed by atoms with E-state index in [0.717, 1.165) is 10.9 Å². The van der Waals surface area contributed by atoms with E-state index >= 15 is 0 Å². The molecule has 4 aliphatic heterocycles. The molecule has 31 nitrogen and oxygen atoms in total. The molecule has 1 spiro atoms. The molecule has 6 fully saturated rings. The van der Waals surface area contributed by atoms with Gasteiger partial charge in [0.1, 0.15) is 73.2 Å². The number of carboxylic acids is 1. The quantitative estimate of drug-likeness (QED) is 0.0205. The van der Waals surface area contributed by atoms with Gasteiger partial charge in [0, 0.05) is 63.5 Å². The number of pyridine rings is 1. The number of esters is 2. The van der Waals surface area contributed by atoms with Crippen molar-refractivity contribution in [1.82, 2.24) is 73.5 Å². The molecule has 129 heavy (non-hydrogen) atoms. The van der Waals surface area contributed by atoms with Gasteiger partial charge in [-0.1, -0.05) is 154 Å². The van der Waals surface area contributed by atoms with Crippen LogP contribution in [0, 0.1) is 34.0 Å². The van der Waals surface area contributed by atoms with Crippen LogP contribution >= 0.6 is 69.6 Å². The fourth-order valence-electron chi connectivity index (χ4n) is 15.1. The van der Waals surface area contributed by atoms with E-state index in [1.54, 1.807) is 81.4 Å². The minimum Gasteiger partial charge on any atom is -0.481 e. The van der Waals surface area contributed by atoms with Crippen LogP contribution in [0.15, 0.2) is 61.7 Å². The Labute approximate surface area is 777 Å². The molecule has 7 aliphatic rings. The first-order valence-electron chi connectivity index (χ1n) is 43.0. The summed E-state index contributed by atoms with van der Waals surface area (Å²) in [6.45, 7) is 29.1. The summed E-state index contributed by atoms with van der Waals surface area (Å²) in [5, 5.41) is 32.5. The molecule has 5 heterocycles. The normalized spacial score (nSPS) is 24.0. The zero-order chi connectivity index (χ0) is 97.1. The minimum absolute atomic E-state index is 0.0150. The largest absolute Gasteiger partial charge is 0.481 e. The molecule has 0 radical (unpaired) electrons. The Kier molecular flexibility index (Phi) is 39.6. The molecule has 9 rings (SSSR count). The highest BCUT2D eigenvalue weighted by molar-refractivity contribution is 6.68. The van der Waals surface area contributed by atoms with E-state index in [0.29, 0.717) is 62.8 Å². The van der Waals surface area contributed by atoms with Crippen LogP contribution < -0.4 is 53.5 Å². The van der Waals surface area contributed by atoms with Crippen LogP contribution in [-0.4, -0.2) is 220 Å². The first-order valence-corrected chi connectivity index (χ1v) is 45.2. The Hall–Kier alpha value is -8.04. The zero-order valence-corrected chi connectivity index (χ0v) is 79.2. The number of halogens is 12. The van der Waals surface area contributed by atoms with Crippen LogP contribution in [0.1, 0.15) is 223 Å². The molecule has 722 valence electrons. The third-order valence-corrected chi connectivity index (χ3v) is 23.8. The van der Waals surface area contributed by atoms with Crippen molar-refractivity contribution in [1.29, 1.82) is 0 Å². The maximum atomic E-state index is 14.3. The fourth-order valence-corrected chi connectivity index (χ4v) is 15.4. The van der Waals surface area contributed by atoms with Gasteiger partial charge < -0.3 is 56.5 Å². The monoisotopic (exact) mass is 1950 g/mol. The number of aromatic nitrogens is 1. The van der Waals surface area contributed by atoms with E-state index in [1.165, 1.54) is 41.0 Å². The first kappa shape index (κ1) is 110. The molecule has 2 aromatic rings. The summed E-state index contributed by atoms with van der Waals surface area (Å²) in [4.78, 5) is 171. The number of nitrogens with one attached hydrogen (secondary N) is 10. The summed E-state index contributed by atoms with van der Waals surface area (Å²) in [5.41, 5.74) is 6.33. The Morgan fingerprint density at radius 1 is 0.574 bits per heavy atom. The molecule has 11 N–H and O–H groups in total. The zero-order valence-electron chi connectivity index (χ0n) is 74.7. The second-order valence-electron chi connectivity index (χ2n) is 35.8. The van der Waals surface area contributed by atoms with E-state index in [2.05, 4.69) is 66.7 Å². The number of hydrazine groups is 3. The van der Waals surface area contributed by atoms with Crippen LogP contribution in [0.5, 0.6) is 0 Å². The number of carbonyl (C=O) groups excluding carboxylic acids is 12. The minimum atomic E-state index is -2.87. The molecule has 3 aliphatic carbocycles. The van der Waals surface area contributed by atoms with Crippen molar-refractivity contribution in [3.05, 3.63) is 73.0 Å². The van der Waals surface area contributed by atoms with Gasteiger partial charge in [-0.25, -0.2) is 47.4 Å². The highest BCUT2D eigenvalue weighted by Gasteiger charge is 2.51. The number of carbonyl (C=O) groups is 13. The number of hydrogen-bond acceptors (Lipinski definition) is 20. The van der Waals surface area contributed by atoms with E-state index in [1.807, 2.05) is 37.3 Å². The second kappa shape index (κ2) is 46.6. The molecule has 1 aromatic heterocycles. The lowest BCUT2D eigenvalue weighted by atomic mass is 9.71. The van der Waals surface area contributed by atoms with Crippen LogP contribution in [0.2, 0.25) is 0 Å². The number of carboxylic acid groups (broad SMARTS) is 1. The second-order valence-corrected chi connectivity index (χ2v) is 40.9. The predicted molar refractivity (Wildman–Crippen MR) is 473 cm³/mol. The van der Waals surface area contributed by atoms with Gasteiger partial charge in [0.15, 0.2) is 0 Å². The van der Waals surface area contributed by atoms with E-state index in [4.69, 9.17) is 93.9 Å². The van der Waals surface area contributed by atoms with Gasteiger partial charge in [-0.3, -0.25) is 77.5 Å². The Morgan fingerprint density at radius 2 is 1.02 bits per heavy atom. The lowest BCUT2D eigenvalue weighted by Gasteiger charge is -2.38. The number of aliphatic carboxylic acids is 1. The van der Waals surface area contributed by atoms with Crippen LogP contribution in [0.4, 0.5) is 31.1 Å². The maximum Gasteiger partial charge on any atom is 0.408 e. The average Bonchev–Trinajstić information content (AvgIpc) is 0.895. The molecular formula is C86H122Cl6F6N14O17. The number of fused-ring (bicyclic) bond motifs is 4. The van der Waals surface area contributed by atoms with Gasteiger partial charge in [-0.05, 0) is 161 Å². The van der Waals surface area contributed by atoms with Gasteiger partial charge in [0.2, 0.25) is 60.8 Å². The first-order chi connectivity index (χ1) is 59.7. The van der Waals surface area contributed by atoms with E-state index < -0.39 is 218 Å². The number of rotatable bonds is 19. The smallest absolute Gasteiger partial charge is 0.408 e. The predicted octanol–water partition coefficient (Wildman–Crippen LogP) is 12.1. The third kappa shape index (κ3) is 33.0. The lowest BCUT2D eigenvalue weighted by Crippen LogP contribution is -2.62. The van der Waals surface area contributed by atoms with Crippen molar-refractivity contribution in [2.75, 3.05) is 32.8 Å². The van der Waals surface area contributed by atoms with Crippen molar-refractivity contribution in [3.8, 4) is 0 Å². The van der Waals surface area contributed by atoms with Crippen LogP contribution in [0.3, 0.4) is 0 Å². The summed E-state index contributed by atoms with van der Waals surface area (Å²) < 4.78 is 93.1. The molecule has 10 atom stereocenters. The molecule has 1 aromatic carbocycles.